The van der Waals surface area contributed by atoms with Gasteiger partial charge in [-0.25, -0.2) is 0 Å². The van der Waals surface area contributed by atoms with Gasteiger partial charge in [-0.15, -0.1) is 5.10 Å². The molecule has 0 saturated carbocycles. The Morgan fingerprint density at radius 2 is 1.89 bits per heavy atom. The summed E-state index contributed by atoms with van der Waals surface area (Å²) in [6.45, 7) is 8.77. The van der Waals surface area contributed by atoms with Crippen LogP contribution in [0.1, 0.15) is 41.2 Å². The minimum absolute atomic E-state index is 0.0796. The Labute approximate surface area is 165 Å². The van der Waals surface area contributed by atoms with Crippen LogP contribution in [0, 0.1) is 20.8 Å². The quantitative estimate of drug-likeness (QED) is 0.550. The smallest absolute Gasteiger partial charge is 0.242 e. The van der Waals surface area contributed by atoms with Crippen molar-refractivity contribution in [2.45, 2.75) is 45.9 Å². The zero-order chi connectivity index (χ0) is 19.4. The van der Waals surface area contributed by atoms with E-state index in [0.717, 1.165) is 23.1 Å². The van der Waals surface area contributed by atoms with E-state index in [9.17, 15) is 4.79 Å². The Bertz CT molecular complexity index is 904. The second-order valence-electron chi connectivity index (χ2n) is 6.85. The number of hydrogen-bond acceptors (Lipinski definition) is 4. The van der Waals surface area contributed by atoms with Gasteiger partial charge in [0.2, 0.25) is 5.91 Å². The fourth-order valence-corrected chi connectivity index (χ4v) is 4.08. The normalized spacial score (nSPS) is 18.8. The van der Waals surface area contributed by atoms with Crippen molar-refractivity contribution in [3.63, 3.8) is 0 Å². The summed E-state index contributed by atoms with van der Waals surface area (Å²) in [4.78, 5) is 14.5. The van der Waals surface area contributed by atoms with Crippen molar-refractivity contribution in [1.82, 2.24) is 4.90 Å². The van der Waals surface area contributed by atoms with Crippen LogP contribution in [0.15, 0.2) is 52.7 Å². The molecule has 0 radical (unpaired) electrons. The molecule has 0 aliphatic carbocycles. The van der Waals surface area contributed by atoms with Crippen LogP contribution in [0.4, 0.5) is 0 Å². The van der Waals surface area contributed by atoms with E-state index in [-0.39, 0.29) is 11.2 Å². The Hall–Kier alpha value is -2.40. The SMILES string of the molecule is CCC1S/C(=N\N=C\c2ccc(C)cc2C)N(Cc2ccccc2C)C1=O. The molecule has 1 atom stereocenters. The predicted octanol–water partition coefficient (Wildman–Crippen LogP) is 4.86. The lowest BCUT2D eigenvalue weighted by Crippen LogP contribution is -2.31. The molecule has 5 heteroatoms. The van der Waals surface area contributed by atoms with Crippen LogP contribution in [0.5, 0.6) is 0 Å². The third kappa shape index (κ3) is 4.48. The summed E-state index contributed by atoms with van der Waals surface area (Å²) < 4.78 is 0. The molecule has 1 amide bonds. The maximum absolute atomic E-state index is 12.8. The van der Waals surface area contributed by atoms with Crippen molar-refractivity contribution in [2.75, 3.05) is 0 Å². The molecule has 1 aliphatic rings. The minimum atomic E-state index is -0.0796. The van der Waals surface area contributed by atoms with E-state index in [1.54, 1.807) is 11.1 Å². The van der Waals surface area contributed by atoms with Crippen molar-refractivity contribution < 1.29 is 4.79 Å². The highest BCUT2D eigenvalue weighted by molar-refractivity contribution is 8.15. The van der Waals surface area contributed by atoms with Crippen LogP contribution in [0.25, 0.3) is 0 Å². The van der Waals surface area contributed by atoms with Crippen LogP contribution < -0.4 is 0 Å². The Morgan fingerprint density at radius 1 is 1.11 bits per heavy atom. The van der Waals surface area contributed by atoms with Gasteiger partial charge >= 0.3 is 0 Å². The van der Waals surface area contributed by atoms with E-state index in [1.165, 1.54) is 22.9 Å². The van der Waals surface area contributed by atoms with Gasteiger partial charge in [0.15, 0.2) is 5.17 Å². The number of hydrogen-bond donors (Lipinski definition) is 0. The summed E-state index contributed by atoms with van der Waals surface area (Å²) in [6.07, 6.45) is 2.55. The van der Waals surface area contributed by atoms with E-state index in [0.29, 0.717) is 11.7 Å². The fourth-order valence-electron chi connectivity index (χ4n) is 3.06. The van der Waals surface area contributed by atoms with Crippen molar-refractivity contribution in [3.05, 3.63) is 70.3 Å². The molecule has 3 rings (SSSR count). The second-order valence-corrected chi connectivity index (χ2v) is 8.02. The zero-order valence-electron chi connectivity index (χ0n) is 16.3. The van der Waals surface area contributed by atoms with Gasteiger partial charge in [-0.2, -0.15) is 5.10 Å². The monoisotopic (exact) mass is 379 g/mol. The molecular formula is C22H25N3OS. The highest BCUT2D eigenvalue weighted by Crippen LogP contribution is 2.31. The lowest BCUT2D eigenvalue weighted by Gasteiger charge is -2.17. The molecule has 0 N–H and O–H groups in total. The fraction of sp³-hybridized carbons (Fsp3) is 0.318. The molecule has 27 heavy (non-hydrogen) atoms. The van der Waals surface area contributed by atoms with Gasteiger partial charge in [0.1, 0.15) is 0 Å². The summed E-state index contributed by atoms with van der Waals surface area (Å²) in [5, 5.41) is 9.27. The molecule has 0 spiro atoms. The molecule has 2 aromatic carbocycles. The maximum atomic E-state index is 12.8. The number of nitrogens with zero attached hydrogens (tertiary/aromatic N) is 3. The van der Waals surface area contributed by atoms with Gasteiger partial charge in [-0.3, -0.25) is 9.69 Å². The molecule has 1 unspecified atom stereocenters. The first kappa shape index (κ1) is 19.4. The van der Waals surface area contributed by atoms with E-state index >= 15 is 0 Å². The maximum Gasteiger partial charge on any atom is 0.242 e. The summed E-state index contributed by atoms with van der Waals surface area (Å²) in [5.74, 6) is 0.117. The number of aryl methyl sites for hydroxylation is 3. The molecule has 4 nitrogen and oxygen atoms in total. The highest BCUT2D eigenvalue weighted by Gasteiger charge is 2.37. The molecule has 0 aromatic heterocycles. The number of rotatable bonds is 5. The van der Waals surface area contributed by atoms with E-state index in [4.69, 9.17) is 0 Å². The molecule has 1 fully saturated rings. The average molecular weight is 380 g/mol. The van der Waals surface area contributed by atoms with Crippen molar-refractivity contribution in [1.29, 1.82) is 0 Å². The summed E-state index contributed by atoms with van der Waals surface area (Å²) in [5.41, 5.74) is 5.74. The lowest BCUT2D eigenvalue weighted by atomic mass is 10.1. The molecule has 140 valence electrons. The minimum Gasteiger partial charge on any atom is -0.284 e. The van der Waals surface area contributed by atoms with Crippen molar-refractivity contribution in [3.8, 4) is 0 Å². The first-order valence-corrected chi connectivity index (χ1v) is 10.1. The number of thioether (sulfide) groups is 1. The first-order chi connectivity index (χ1) is 13.0. The standard InChI is InChI=1S/C22H25N3OS/c1-5-20-21(26)25(14-19-9-7-6-8-16(19)3)22(27-20)24-23-13-18-11-10-15(2)12-17(18)4/h6-13,20H,5,14H2,1-4H3/b23-13+,24-22-. The van der Waals surface area contributed by atoms with Gasteiger partial charge in [-0.05, 0) is 49.4 Å². The summed E-state index contributed by atoms with van der Waals surface area (Å²) in [7, 11) is 0. The first-order valence-electron chi connectivity index (χ1n) is 9.20. The Morgan fingerprint density at radius 3 is 2.59 bits per heavy atom. The number of amides is 1. The van der Waals surface area contributed by atoms with Crippen LogP contribution in [0.3, 0.4) is 0 Å². The average Bonchev–Trinajstić information content (AvgIpc) is 2.94. The molecule has 2 aromatic rings. The van der Waals surface area contributed by atoms with Gasteiger partial charge < -0.3 is 0 Å². The highest BCUT2D eigenvalue weighted by atomic mass is 32.2. The molecule has 0 bridgehead atoms. The predicted molar refractivity (Wildman–Crippen MR) is 114 cm³/mol. The van der Waals surface area contributed by atoms with E-state index in [1.807, 2.05) is 25.1 Å². The second kappa shape index (κ2) is 8.53. The number of benzene rings is 2. The van der Waals surface area contributed by atoms with Gasteiger partial charge in [-0.1, -0.05) is 66.7 Å². The molecule has 1 aliphatic heterocycles. The summed E-state index contributed by atoms with van der Waals surface area (Å²) >= 11 is 1.51. The van der Waals surface area contributed by atoms with Crippen LogP contribution in [0.2, 0.25) is 0 Å². The lowest BCUT2D eigenvalue weighted by molar-refractivity contribution is -0.126. The van der Waals surface area contributed by atoms with Gasteiger partial charge in [0.05, 0.1) is 18.0 Å². The zero-order valence-corrected chi connectivity index (χ0v) is 17.1. The number of carbonyl (C=O) groups is 1. The van der Waals surface area contributed by atoms with Crippen LogP contribution in [-0.2, 0) is 11.3 Å². The topological polar surface area (TPSA) is 45.0 Å². The van der Waals surface area contributed by atoms with Crippen LogP contribution >= 0.6 is 11.8 Å². The third-order valence-corrected chi connectivity index (χ3v) is 6.08. The Kier molecular flexibility index (Phi) is 6.11. The largest absolute Gasteiger partial charge is 0.284 e. The molecule has 1 saturated heterocycles. The van der Waals surface area contributed by atoms with Crippen LogP contribution in [-0.4, -0.2) is 27.4 Å². The van der Waals surface area contributed by atoms with Gasteiger partial charge in [0.25, 0.3) is 0 Å². The number of carbonyl (C=O) groups excluding carboxylic acids is 1. The van der Waals surface area contributed by atoms with Crippen molar-refractivity contribution in [2.24, 2.45) is 10.2 Å². The molecular weight excluding hydrogens is 354 g/mol. The molecule has 1 heterocycles. The van der Waals surface area contributed by atoms with E-state index in [2.05, 4.69) is 55.2 Å². The van der Waals surface area contributed by atoms with E-state index < -0.39 is 0 Å². The van der Waals surface area contributed by atoms with Crippen molar-refractivity contribution >= 4 is 29.1 Å². The third-order valence-electron chi connectivity index (χ3n) is 4.75. The Balaban J connectivity index is 1.84. The number of amidine groups is 1. The van der Waals surface area contributed by atoms with Gasteiger partial charge in [0, 0.05) is 0 Å². The summed E-state index contributed by atoms with van der Waals surface area (Å²) in [6, 6.07) is 14.4.